The van der Waals surface area contributed by atoms with E-state index < -0.39 is 65.7 Å². The zero-order valence-electron chi connectivity index (χ0n) is 44.0. The number of para-hydroxylation sites is 1. The van der Waals surface area contributed by atoms with Crippen molar-refractivity contribution in [3.63, 3.8) is 0 Å². The van der Waals surface area contributed by atoms with E-state index in [0.29, 0.717) is 71.1 Å². The number of carbonyl (C=O) groups is 8. The molecule has 8 unspecified atom stereocenters. The number of nitrogens with two attached hydrogens (primary N) is 1. The highest BCUT2D eigenvalue weighted by atomic mass is 16.2. The third-order valence-electron chi connectivity index (χ3n) is 15.9. The van der Waals surface area contributed by atoms with Gasteiger partial charge in [-0.05, 0) is 78.8 Å². The number of carbonyl (C=O) groups excluding carboxylic acids is 8. The maximum atomic E-state index is 14.1. The Hall–Kier alpha value is -6.86. The molecule has 19 heteroatoms. The number of fused-ring (bicyclic) bond motifs is 2. The van der Waals surface area contributed by atoms with Gasteiger partial charge in [-0.15, -0.1) is 0 Å². The number of nitrogens with one attached hydrogen (secondary N) is 10. The lowest BCUT2D eigenvalue weighted by molar-refractivity contribution is -0.130. The Kier molecular flexibility index (Phi) is 18.8. The van der Waals surface area contributed by atoms with E-state index in [2.05, 4.69) is 52.8 Å². The number of hydrogen-bond donors (Lipinski definition) is 11. The van der Waals surface area contributed by atoms with Crippen LogP contribution in [0.15, 0.2) is 72.9 Å². The molecule has 2 aliphatic heterocycles. The number of hydrogen-bond acceptors (Lipinski definition) is 10. The predicted octanol–water partition coefficient (Wildman–Crippen LogP) is 2.12. The molecule has 0 bridgehead atoms. The van der Waals surface area contributed by atoms with Crippen molar-refractivity contribution >= 4 is 68.9 Å². The van der Waals surface area contributed by atoms with Crippen LogP contribution in [-0.2, 0) is 51.2 Å². The number of amides is 8. The lowest BCUT2D eigenvalue weighted by atomic mass is 9.93. The van der Waals surface area contributed by atoms with Crippen molar-refractivity contribution < 1.29 is 38.4 Å². The molecule has 12 N–H and O–H groups in total. The van der Waals surface area contributed by atoms with Crippen LogP contribution in [0.4, 0.5) is 0 Å². The van der Waals surface area contributed by atoms with Gasteiger partial charge < -0.3 is 58.6 Å². The quantitative estimate of drug-likeness (QED) is 0.0515. The van der Waals surface area contributed by atoms with Gasteiger partial charge >= 0.3 is 0 Å². The summed E-state index contributed by atoms with van der Waals surface area (Å²) in [6.45, 7) is 6.87. The van der Waals surface area contributed by atoms with Gasteiger partial charge in [0.05, 0.1) is 41.7 Å². The lowest BCUT2D eigenvalue weighted by Gasteiger charge is -2.27. The molecule has 0 spiro atoms. The highest BCUT2D eigenvalue weighted by Crippen LogP contribution is 2.29. The van der Waals surface area contributed by atoms with Gasteiger partial charge in [0.25, 0.3) is 0 Å². The molecule has 76 heavy (non-hydrogen) atoms. The Morgan fingerprint density at radius 3 is 1.88 bits per heavy atom. The van der Waals surface area contributed by atoms with Gasteiger partial charge in [-0.3, -0.25) is 38.4 Å². The first kappa shape index (κ1) is 55.4. The average Bonchev–Trinajstić information content (AvgIpc) is 4.25. The molecular weight excluding hydrogens is 967 g/mol. The topological polar surface area (TPSA) is 287 Å². The van der Waals surface area contributed by atoms with Gasteiger partial charge in [0.2, 0.25) is 47.3 Å². The molecular formula is C57H77N11O8. The summed E-state index contributed by atoms with van der Waals surface area (Å²) in [6.07, 6.45) is 7.13. The number of aromatic amines is 1. The first-order valence-electron chi connectivity index (χ1n) is 27.4. The second-order valence-corrected chi connectivity index (χ2v) is 22.1. The van der Waals surface area contributed by atoms with Gasteiger partial charge in [0.1, 0.15) is 0 Å². The smallest absolute Gasteiger partial charge is 0.226 e. The minimum atomic E-state index is -0.627. The second-order valence-electron chi connectivity index (χ2n) is 22.1. The zero-order valence-corrected chi connectivity index (χ0v) is 44.0. The number of benzene rings is 3. The normalized spacial score (nSPS) is 24.4. The summed E-state index contributed by atoms with van der Waals surface area (Å²) in [4.78, 5) is 111. The van der Waals surface area contributed by atoms with E-state index in [9.17, 15) is 38.4 Å². The molecule has 8 amide bonds. The summed E-state index contributed by atoms with van der Waals surface area (Å²) in [7, 11) is 0. The van der Waals surface area contributed by atoms with Crippen LogP contribution in [0.5, 0.6) is 0 Å². The lowest BCUT2D eigenvalue weighted by Crippen LogP contribution is -2.54. The van der Waals surface area contributed by atoms with Crippen LogP contribution in [0.25, 0.3) is 21.7 Å². The van der Waals surface area contributed by atoms with E-state index in [4.69, 9.17) is 5.73 Å². The fourth-order valence-corrected chi connectivity index (χ4v) is 12.2. The summed E-state index contributed by atoms with van der Waals surface area (Å²) in [5, 5.41) is 31.0. The van der Waals surface area contributed by atoms with Crippen molar-refractivity contribution in [2.75, 3.05) is 32.7 Å². The van der Waals surface area contributed by atoms with Crippen LogP contribution in [0.1, 0.15) is 89.7 Å². The number of aromatic nitrogens is 1. The third kappa shape index (κ3) is 14.3. The molecule has 408 valence electrons. The van der Waals surface area contributed by atoms with Gasteiger partial charge in [-0.1, -0.05) is 87.4 Å². The van der Waals surface area contributed by atoms with Crippen LogP contribution in [0.3, 0.4) is 0 Å². The SMILES string of the molecule is CC(=O)NC1CCCC1C(=O)N[C@H](CC(=O)NC1CCCC1C(=O)NC[C@H](CC(C)C)C(=O)NC1CNCC1C(=O)NC1CNCC1C(=O)N[C@H](CC(N)=O)Cc1cccc2ccccc12)Cc1c[nH]c2ccccc12. The maximum Gasteiger partial charge on any atom is 0.226 e. The molecule has 4 aliphatic rings. The molecule has 0 radical (unpaired) electrons. The number of H-pyrrole nitrogens is 1. The highest BCUT2D eigenvalue weighted by molar-refractivity contribution is 5.89. The Morgan fingerprint density at radius 2 is 1.18 bits per heavy atom. The molecule has 19 nitrogen and oxygen atoms in total. The predicted molar refractivity (Wildman–Crippen MR) is 289 cm³/mol. The highest BCUT2D eigenvalue weighted by Gasteiger charge is 2.41. The number of primary amides is 1. The van der Waals surface area contributed by atoms with Crippen molar-refractivity contribution in [3.05, 3.63) is 84.1 Å². The fourth-order valence-electron chi connectivity index (χ4n) is 12.2. The Balaban J connectivity index is 0.841. The van der Waals surface area contributed by atoms with E-state index in [0.717, 1.165) is 45.6 Å². The molecule has 3 aromatic carbocycles. The van der Waals surface area contributed by atoms with E-state index in [1.807, 2.05) is 86.8 Å². The summed E-state index contributed by atoms with van der Waals surface area (Å²) >= 11 is 0. The molecule has 11 atom stereocenters. The molecule has 3 heterocycles. The average molecular weight is 1040 g/mol. The monoisotopic (exact) mass is 1040 g/mol. The van der Waals surface area contributed by atoms with Crippen LogP contribution >= 0.6 is 0 Å². The van der Waals surface area contributed by atoms with Crippen molar-refractivity contribution in [1.29, 1.82) is 0 Å². The summed E-state index contributed by atoms with van der Waals surface area (Å²) in [6, 6.07) is 18.8. The molecule has 8 rings (SSSR count). The van der Waals surface area contributed by atoms with Gasteiger partial charge in [0, 0.05) is 93.8 Å². The minimum Gasteiger partial charge on any atom is -0.370 e. The minimum absolute atomic E-state index is 0.0151. The Morgan fingerprint density at radius 1 is 0.592 bits per heavy atom. The van der Waals surface area contributed by atoms with Gasteiger partial charge in [-0.25, -0.2) is 0 Å². The summed E-state index contributed by atoms with van der Waals surface area (Å²) < 4.78 is 0. The molecule has 1 aromatic heterocycles. The van der Waals surface area contributed by atoms with E-state index >= 15 is 0 Å². The summed E-state index contributed by atoms with van der Waals surface area (Å²) in [5.41, 5.74) is 8.53. The molecule has 4 aromatic rings. The van der Waals surface area contributed by atoms with Crippen LogP contribution < -0.4 is 53.6 Å². The molecule has 2 aliphatic carbocycles. The van der Waals surface area contributed by atoms with Gasteiger partial charge in [0.15, 0.2) is 0 Å². The Bertz CT molecular complexity index is 2740. The first-order chi connectivity index (χ1) is 36.6. The third-order valence-corrected chi connectivity index (χ3v) is 15.9. The summed E-state index contributed by atoms with van der Waals surface area (Å²) in [5.74, 6) is -5.01. The van der Waals surface area contributed by atoms with Crippen molar-refractivity contribution in [2.45, 2.75) is 128 Å². The van der Waals surface area contributed by atoms with Gasteiger partial charge in [-0.2, -0.15) is 0 Å². The zero-order chi connectivity index (χ0) is 53.9. The first-order valence-corrected chi connectivity index (χ1v) is 27.4. The fraction of sp³-hybridized carbons (Fsp3) is 0.544. The Labute approximate surface area is 444 Å². The second kappa shape index (κ2) is 25.8. The number of rotatable bonds is 23. The van der Waals surface area contributed by atoms with E-state index in [1.165, 1.54) is 6.92 Å². The molecule has 4 fully saturated rings. The van der Waals surface area contributed by atoms with Crippen LogP contribution in [0, 0.1) is 35.5 Å². The van der Waals surface area contributed by atoms with E-state index in [1.54, 1.807) is 0 Å². The maximum absolute atomic E-state index is 14.1. The van der Waals surface area contributed by atoms with Crippen molar-refractivity contribution in [2.24, 2.45) is 41.2 Å². The largest absolute Gasteiger partial charge is 0.370 e. The standard InChI is InChI=1S/C57H77N11O8/c1-32(2)21-37(53(72)67-49-30-60-29-45(49)57(76)68-50-31-59-28-44(50)56(75)64-38(24-51(58)70)22-35-13-8-12-34-11-4-5-14-40(34)35)27-62-54(73)42-16-9-20-48(42)66-52(71)25-39(23-36-26-61-46-18-7-6-15-41(36)46)65-55(74)43-17-10-19-47(43)63-33(3)69/h4-8,11-15,18,26,32,37-39,42-45,47-50,59-61H,9-10,16-17,19-25,27-31H2,1-3H3,(H2,58,70)(H,62,73)(H,63,69)(H,64,75)(H,65,74)(H,66,71)(H,67,72)(H,68,76)/t37-,38-,39-,42?,43?,44?,45?,47?,48?,49?,50?/m0/s1. The van der Waals surface area contributed by atoms with Crippen LogP contribution in [0.2, 0.25) is 0 Å². The molecule has 2 saturated heterocycles. The molecule has 2 saturated carbocycles. The van der Waals surface area contributed by atoms with Crippen molar-refractivity contribution in [3.8, 4) is 0 Å². The van der Waals surface area contributed by atoms with E-state index in [-0.39, 0.29) is 72.7 Å². The van der Waals surface area contributed by atoms with Crippen LogP contribution in [-0.4, -0.2) is 121 Å². The van der Waals surface area contributed by atoms with Crippen molar-refractivity contribution in [1.82, 2.24) is 52.8 Å².